The third kappa shape index (κ3) is 4.28. The van der Waals surface area contributed by atoms with Crippen LogP contribution in [0.4, 0.5) is 5.13 Å². The van der Waals surface area contributed by atoms with E-state index in [9.17, 15) is 13.2 Å². The first-order chi connectivity index (χ1) is 13.8. The Morgan fingerprint density at radius 3 is 2.69 bits per heavy atom. The van der Waals surface area contributed by atoms with Crippen LogP contribution < -0.4 is 5.32 Å². The first kappa shape index (κ1) is 20.2. The van der Waals surface area contributed by atoms with E-state index in [-0.39, 0.29) is 12.5 Å². The zero-order chi connectivity index (χ0) is 20.6. The maximum atomic E-state index is 12.9. The SMILES string of the molecule is Cc1ccc(S(=O)(=O)N2CCc3nc(NC(=O)c4cccc(Br)c4)sc3C2)cc1. The highest BCUT2D eigenvalue weighted by atomic mass is 79.9. The Balaban J connectivity index is 1.51. The summed E-state index contributed by atoms with van der Waals surface area (Å²) in [5.74, 6) is -0.249. The first-order valence-corrected chi connectivity index (χ1v) is 12.0. The van der Waals surface area contributed by atoms with Gasteiger partial charge in [0.15, 0.2) is 5.13 Å². The molecule has 150 valence electrons. The van der Waals surface area contributed by atoms with Crippen LogP contribution in [0.1, 0.15) is 26.5 Å². The van der Waals surface area contributed by atoms with Crippen molar-refractivity contribution in [3.05, 3.63) is 74.7 Å². The van der Waals surface area contributed by atoms with Crippen LogP contribution in [0.5, 0.6) is 0 Å². The molecule has 0 radical (unpaired) electrons. The molecule has 0 fully saturated rings. The van der Waals surface area contributed by atoms with Crippen molar-refractivity contribution in [2.75, 3.05) is 11.9 Å². The molecule has 1 aliphatic rings. The minimum absolute atomic E-state index is 0.249. The Morgan fingerprint density at radius 1 is 1.21 bits per heavy atom. The number of carbonyl (C=O) groups excluding carboxylic acids is 1. The summed E-state index contributed by atoms with van der Waals surface area (Å²) in [6, 6.07) is 14.0. The molecule has 0 saturated carbocycles. The van der Waals surface area contributed by atoms with E-state index < -0.39 is 10.0 Å². The maximum Gasteiger partial charge on any atom is 0.257 e. The summed E-state index contributed by atoms with van der Waals surface area (Å²) in [4.78, 5) is 18.1. The minimum Gasteiger partial charge on any atom is -0.298 e. The maximum absolute atomic E-state index is 12.9. The standard InChI is InChI=1S/C20H18BrN3O3S2/c1-13-5-7-16(8-6-13)29(26,27)24-10-9-17-18(12-24)28-20(22-17)23-19(25)14-3-2-4-15(21)11-14/h2-8,11H,9-10,12H2,1H3,(H,22,23,25). The monoisotopic (exact) mass is 491 g/mol. The molecule has 0 bridgehead atoms. The van der Waals surface area contributed by atoms with Gasteiger partial charge in [0.2, 0.25) is 10.0 Å². The zero-order valence-corrected chi connectivity index (χ0v) is 18.8. The highest BCUT2D eigenvalue weighted by molar-refractivity contribution is 9.10. The molecule has 0 saturated heterocycles. The molecule has 0 atom stereocenters. The number of anilines is 1. The Morgan fingerprint density at radius 2 is 1.97 bits per heavy atom. The molecule has 4 rings (SSSR count). The smallest absolute Gasteiger partial charge is 0.257 e. The largest absolute Gasteiger partial charge is 0.298 e. The summed E-state index contributed by atoms with van der Waals surface area (Å²) < 4.78 is 28.2. The average molecular weight is 492 g/mol. The number of sulfonamides is 1. The molecule has 6 nitrogen and oxygen atoms in total. The van der Waals surface area contributed by atoms with Crippen molar-refractivity contribution in [2.24, 2.45) is 0 Å². The molecule has 1 amide bonds. The summed E-state index contributed by atoms with van der Waals surface area (Å²) in [6.07, 6.45) is 0.518. The van der Waals surface area contributed by atoms with Gasteiger partial charge in [-0.25, -0.2) is 13.4 Å². The van der Waals surface area contributed by atoms with E-state index >= 15 is 0 Å². The number of halogens is 1. The van der Waals surface area contributed by atoms with Crippen LogP contribution in [-0.4, -0.2) is 30.2 Å². The van der Waals surface area contributed by atoms with Crippen molar-refractivity contribution in [2.45, 2.75) is 24.8 Å². The van der Waals surface area contributed by atoms with Crippen molar-refractivity contribution in [3.8, 4) is 0 Å². The third-order valence-electron chi connectivity index (χ3n) is 4.66. The van der Waals surface area contributed by atoms with E-state index in [2.05, 4.69) is 26.2 Å². The second-order valence-corrected chi connectivity index (χ2v) is 10.7. The summed E-state index contributed by atoms with van der Waals surface area (Å²) >= 11 is 4.67. The lowest BCUT2D eigenvalue weighted by atomic mass is 10.2. The molecule has 2 aromatic carbocycles. The number of nitrogens with one attached hydrogen (secondary N) is 1. The predicted molar refractivity (Wildman–Crippen MR) is 117 cm³/mol. The number of carbonyl (C=O) groups is 1. The average Bonchev–Trinajstić information content (AvgIpc) is 3.09. The molecule has 1 aromatic heterocycles. The highest BCUT2D eigenvalue weighted by Crippen LogP contribution is 2.31. The Labute approximate surface area is 181 Å². The molecule has 2 heterocycles. The number of hydrogen-bond donors (Lipinski definition) is 1. The zero-order valence-electron chi connectivity index (χ0n) is 15.6. The molecule has 29 heavy (non-hydrogen) atoms. The summed E-state index contributed by atoms with van der Waals surface area (Å²) in [5.41, 5.74) is 2.38. The van der Waals surface area contributed by atoms with Crippen molar-refractivity contribution >= 4 is 48.3 Å². The number of amides is 1. The van der Waals surface area contributed by atoms with E-state index in [1.165, 1.54) is 15.6 Å². The van der Waals surface area contributed by atoms with Gasteiger partial charge in [-0.2, -0.15) is 4.31 Å². The van der Waals surface area contributed by atoms with E-state index in [1.807, 2.05) is 13.0 Å². The van der Waals surface area contributed by atoms with Crippen LogP contribution in [-0.2, 0) is 23.0 Å². The Bertz CT molecular complexity index is 1170. The van der Waals surface area contributed by atoms with Crippen molar-refractivity contribution in [1.82, 2.24) is 9.29 Å². The lowest BCUT2D eigenvalue weighted by Gasteiger charge is -2.25. The second kappa shape index (κ2) is 7.98. The Kier molecular flexibility index (Phi) is 5.56. The lowest BCUT2D eigenvalue weighted by Crippen LogP contribution is -2.35. The fourth-order valence-electron chi connectivity index (χ4n) is 3.09. The van der Waals surface area contributed by atoms with Gasteiger partial charge in [-0.1, -0.05) is 39.7 Å². The Hall–Kier alpha value is -2.07. The molecule has 3 aromatic rings. The van der Waals surface area contributed by atoms with Crippen LogP contribution in [0.3, 0.4) is 0 Å². The van der Waals surface area contributed by atoms with Gasteiger partial charge in [0.1, 0.15) is 0 Å². The number of aryl methyl sites for hydroxylation is 1. The fourth-order valence-corrected chi connectivity index (χ4v) is 6.00. The van der Waals surface area contributed by atoms with Gasteiger partial charge in [0, 0.05) is 27.9 Å². The number of benzene rings is 2. The van der Waals surface area contributed by atoms with Gasteiger partial charge in [-0.3, -0.25) is 10.1 Å². The normalized spacial score (nSPS) is 14.4. The number of thiazole rings is 1. The topological polar surface area (TPSA) is 79.4 Å². The van der Waals surface area contributed by atoms with E-state index in [4.69, 9.17) is 0 Å². The number of aromatic nitrogens is 1. The van der Waals surface area contributed by atoms with Gasteiger partial charge >= 0.3 is 0 Å². The van der Waals surface area contributed by atoms with Gasteiger partial charge in [-0.15, -0.1) is 11.3 Å². The van der Waals surface area contributed by atoms with Crippen molar-refractivity contribution in [3.63, 3.8) is 0 Å². The molecule has 1 aliphatic heterocycles. The van der Waals surface area contributed by atoms with Gasteiger partial charge < -0.3 is 0 Å². The lowest BCUT2D eigenvalue weighted by molar-refractivity contribution is 0.102. The molecular weight excluding hydrogens is 474 g/mol. The number of nitrogens with zero attached hydrogens (tertiary/aromatic N) is 2. The molecule has 9 heteroatoms. The van der Waals surface area contributed by atoms with Crippen LogP contribution in [0.25, 0.3) is 0 Å². The summed E-state index contributed by atoms with van der Waals surface area (Å²) in [5, 5.41) is 3.29. The predicted octanol–water partition coefficient (Wildman–Crippen LogP) is 4.21. The van der Waals surface area contributed by atoms with Gasteiger partial charge in [0.25, 0.3) is 5.91 Å². The molecule has 0 spiro atoms. The number of hydrogen-bond acceptors (Lipinski definition) is 5. The molecule has 0 aliphatic carbocycles. The van der Waals surface area contributed by atoms with Gasteiger partial charge in [-0.05, 0) is 37.3 Å². The molecule has 1 N–H and O–H groups in total. The fraction of sp³-hybridized carbons (Fsp3) is 0.200. The van der Waals surface area contributed by atoms with E-state index in [0.29, 0.717) is 28.6 Å². The summed E-state index contributed by atoms with van der Waals surface area (Å²) in [6.45, 7) is 2.55. The first-order valence-electron chi connectivity index (χ1n) is 8.95. The van der Waals surface area contributed by atoms with Crippen LogP contribution in [0.2, 0.25) is 0 Å². The van der Waals surface area contributed by atoms with E-state index in [1.54, 1.807) is 42.5 Å². The summed E-state index contributed by atoms with van der Waals surface area (Å²) in [7, 11) is -3.56. The second-order valence-electron chi connectivity index (χ2n) is 6.76. The number of fused-ring (bicyclic) bond motifs is 1. The number of rotatable bonds is 4. The van der Waals surface area contributed by atoms with Crippen molar-refractivity contribution < 1.29 is 13.2 Å². The van der Waals surface area contributed by atoms with Gasteiger partial charge in [0.05, 0.1) is 17.1 Å². The third-order valence-corrected chi connectivity index (χ3v) is 8.01. The van der Waals surface area contributed by atoms with Crippen LogP contribution in [0.15, 0.2) is 57.9 Å². The molecular formula is C20H18BrN3O3S2. The minimum atomic E-state index is -3.56. The van der Waals surface area contributed by atoms with Crippen LogP contribution >= 0.6 is 27.3 Å². The quantitative estimate of drug-likeness (QED) is 0.592. The van der Waals surface area contributed by atoms with Crippen molar-refractivity contribution in [1.29, 1.82) is 0 Å². The van der Waals surface area contributed by atoms with E-state index in [0.717, 1.165) is 20.6 Å². The van der Waals surface area contributed by atoms with Crippen LogP contribution in [0, 0.1) is 6.92 Å². The highest BCUT2D eigenvalue weighted by Gasteiger charge is 2.30. The molecule has 0 unspecified atom stereocenters.